The van der Waals surface area contributed by atoms with Gasteiger partial charge in [-0.1, -0.05) is 16.9 Å². The van der Waals surface area contributed by atoms with E-state index in [1.807, 2.05) is 0 Å². The van der Waals surface area contributed by atoms with Crippen molar-refractivity contribution < 1.29 is 14.0 Å². The second kappa shape index (κ2) is 6.24. The number of nitrogens with one attached hydrogen (secondary N) is 1. The molecule has 0 fully saturated rings. The molecule has 2 rings (SSSR count). The molecule has 19 heavy (non-hydrogen) atoms. The predicted molar refractivity (Wildman–Crippen MR) is 70.6 cm³/mol. The maximum absolute atomic E-state index is 11.6. The molecule has 2 heterocycles. The van der Waals surface area contributed by atoms with E-state index in [4.69, 9.17) is 4.52 Å². The summed E-state index contributed by atoms with van der Waals surface area (Å²) in [6.07, 6.45) is 1.73. The number of nitrogens with zero attached hydrogens (tertiary/aromatic N) is 2. The summed E-state index contributed by atoms with van der Waals surface area (Å²) in [4.78, 5) is 11.6. The number of hydrogen-bond donors (Lipinski definition) is 1. The van der Waals surface area contributed by atoms with E-state index in [-0.39, 0.29) is 5.91 Å². The first kappa shape index (κ1) is 13.4. The number of carbonyl (C=O) groups excluding carboxylic acids is 1. The Bertz CT molecular complexity index is 571. The van der Waals surface area contributed by atoms with Gasteiger partial charge in [0.15, 0.2) is 12.0 Å². The van der Waals surface area contributed by atoms with Crippen LogP contribution in [-0.4, -0.2) is 16.8 Å². The minimum Gasteiger partial charge on any atom is -0.618 e. The molecule has 2 aromatic rings. The third-order valence-corrected chi connectivity index (χ3v) is 3.28. The summed E-state index contributed by atoms with van der Waals surface area (Å²) in [5.41, 5.74) is 0. The molecule has 0 saturated carbocycles. The largest absolute Gasteiger partial charge is 0.618 e. The average Bonchev–Trinajstić information content (AvgIpc) is 2.77. The Morgan fingerprint density at radius 2 is 2.42 bits per heavy atom. The molecule has 0 spiro atoms. The van der Waals surface area contributed by atoms with Gasteiger partial charge in [-0.15, -0.1) is 0 Å². The number of amides is 1. The highest BCUT2D eigenvalue weighted by Gasteiger charge is 2.09. The molecule has 2 aromatic heterocycles. The molecule has 0 aliphatic rings. The molecule has 1 amide bonds. The number of pyridine rings is 1. The van der Waals surface area contributed by atoms with Crippen LogP contribution in [0.3, 0.4) is 0 Å². The minimum atomic E-state index is -0.158. The highest BCUT2D eigenvalue weighted by Crippen LogP contribution is 2.14. The highest BCUT2D eigenvalue weighted by molar-refractivity contribution is 7.99. The van der Waals surface area contributed by atoms with Crippen molar-refractivity contribution in [1.82, 2.24) is 5.16 Å². The smallest absolute Gasteiger partial charge is 0.251 e. The number of carbonyl (C=O) groups is 1. The number of hydrogen-bond acceptors (Lipinski definition) is 5. The molecule has 7 heteroatoms. The zero-order chi connectivity index (χ0) is 13.7. The summed E-state index contributed by atoms with van der Waals surface area (Å²) in [6.45, 7) is 1.75. The van der Waals surface area contributed by atoms with Gasteiger partial charge in [0, 0.05) is 30.4 Å². The third kappa shape index (κ3) is 3.99. The van der Waals surface area contributed by atoms with Gasteiger partial charge in [-0.3, -0.25) is 4.79 Å². The highest BCUT2D eigenvalue weighted by atomic mass is 32.2. The fourth-order valence-corrected chi connectivity index (χ4v) is 2.26. The number of aryl methyl sites for hydroxylation is 1. The topological polar surface area (TPSA) is 82.1 Å². The molecule has 0 atom stereocenters. The van der Waals surface area contributed by atoms with Crippen molar-refractivity contribution in [1.29, 1.82) is 0 Å². The number of rotatable bonds is 5. The lowest BCUT2D eigenvalue weighted by atomic mass is 10.4. The Morgan fingerprint density at radius 1 is 1.58 bits per heavy atom. The SMILES string of the molecule is Cc1cc(NC(=O)CCSc2cccc[n+]2[O-])no1. The second-order valence-corrected chi connectivity index (χ2v) is 4.95. The zero-order valence-corrected chi connectivity index (χ0v) is 11.1. The Labute approximate surface area is 114 Å². The van der Waals surface area contributed by atoms with E-state index in [0.717, 1.165) is 4.73 Å². The van der Waals surface area contributed by atoms with Gasteiger partial charge in [0.1, 0.15) is 5.76 Å². The number of thioether (sulfide) groups is 1. The molecule has 1 N–H and O–H groups in total. The Hall–Kier alpha value is -2.02. The maximum Gasteiger partial charge on any atom is 0.251 e. The van der Waals surface area contributed by atoms with Crippen molar-refractivity contribution in [3.63, 3.8) is 0 Å². The third-order valence-electron chi connectivity index (χ3n) is 2.26. The van der Waals surface area contributed by atoms with Crippen LogP contribution >= 0.6 is 11.8 Å². The fraction of sp³-hybridized carbons (Fsp3) is 0.250. The van der Waals surface area contributed by atoms with Gasteiger partial charge in [-0.05, 0) is 13.0 Å². The normalized spacial score (nSPS) is 10.4. The Morgan fingerprint density at radius 3 is 3.11 bits per heavy atom. The van der Waals surface area contributed by atoms with Crippen LogP contribution in [0.2, 0.25) is 0 Å². The van der Waals surface area contributed by atoms with Crippen molar-refractivity contribution in [2.45, 2.75) is 18.4 Å². The number of aromatic nitrogens is 2. The average molecular weight is 279 g/mol. The zero-order valence-electron chi connectivity index (χ0n) is 10.3. The van der Waals surface area contributed by atoms with Gasteiger partial charge in [0.25, 0.3) is 5.03 Å². The van der Waals surface area contributed by atoms with Crippen LogP contribution in [0.25, 0.3) is 0 Å². The van der Waals surface area contributed by atoms with Crippen molar-refractivity contribution in [2.75, 3.05) is 11.1 Å². The van der Waals surface area contributed by atoms with E-state index in [0.29, 0.717) is 28.8 Å². The quantitative estimate of drug-likeness (QED) is 0.512. The summed E-state index contributed by atoms with van der Waals surface area (Å²) in [5, 5.41) is 18.2. The molecular weight excluding hydrogens is 266 g/mol. The van der Waals surface area contributed by atoms with Crippen molar-refractivity contribution in [2.24, 2.45) is 0 Å². The van der Waals surface area contributed by atoms with Crippen LogP contribution in [0.4, 0.5) is 5.82 Å². The van der Waals surface area contributed by atoms with E-state index < -0.39 is 0 Å². The van der Waals surface area contributed by atoms with Crippen molar-refractivity contribution in [3.8, 4) is 0 Å². The lowest BCUT2D eigenvalue weighted by molar-refractivity contribution is -0.645. The molecule has 0 aliphatic heterocycles. The van der Waals surface area contributed by atoms with Crippen LogP contribution < -0.4 is 10.0 Å². The summed E-state index contributed by atoms with van der Waals surface area (Å²) in [6, 6.07) is 6.82. The van der Waals surface area contributed by atoms with E-state index in [9.17, 15) is 10.0 Å². The molecule has 0 radical (unpaired) electrons. The van der Waals surface area contributed by atoms with E-state index in [1.165, 1.54) is 18.0 Å². The first-order valence-electron chi connectivity index (χ1n) is 5.69. The van der Waals surface area contributed by atoms with Gasteiger partial charge in [-0.2, -0.15) is 4.73 Å². The van der Waals surface area contributed by atoms with Gasteiger partial charge < -0.3 is 15.0 Å². The molecule has 0 aliphatic carbocycles. The van der Waals surface area contributed by atoms with E-state index >= 15 is 0 Å². The van der Waals surface area contributed by atoms with Crippen LogP contribution in [0, 0.1) is 12.1 Å². The lowest BCUT2D eigenvalue weighted by Crippen LogP contribution is -2.27. The van der Waals surface area contributed by atoms with Crippen molar-refractivity contribution in [3.05, 3.63) is 41.4 Å². The van der Waals surface area contributed by atoms with Gasteiger partial charge in [0.05, 0.1) is 0 Å². The minimum absolute atomic E-state index is 0.158. The number of anilines is 1. The molecule has 0 aromatic carbocycles. The van der Waals surface area contributed by atoms with Gasteiger partial charge >= 0.3 is 0 Å². The fourth-order valence-electron chi connectivity index (χ4n) is 1.40. The monoisotopic (exact) mass is 279 g/mol. The Kier molecular flexibility index (Phi) is 4.40. The molecule has 0 bridgehead atoms. The standard InChI is InChI=1S/C12H13N3O3S/c1-9-8-10(14-18-9)13-11(16)5-7-19-12-4-2-3-6-15(12)17/h2-4,6,8H,5,7H2,1H3,(H,13,14,16). The summed E-state index contributed by atoms with van der Waals surface area (Å²) in [5.74, 6) is 1.41. The van der Waals surface area contributed by atoms with Crippen LogP contribution in [0.1, 0.15) is 12.2 Å². The van der Waals surface area contributed by atoms with Gasteiger partial charge in [0.2, 0.25) is 5.91 Å². The summed E-state index contributed by atoms with van der Waals surface area (Å²) < 4.78 is 5.62. The van der Waals surface area contributed by atoms with Crippen LogP contribution in [0.15, 0.2) is 40.0 Å². The van der Waals surface area contributed by atoms with Crippen molar-refractivity contribution >= 4 is 23.5 Å². The van der Waals surface area contributed by atoms with E-state index in [2.05, 4.69) is 10.5 Å². The Balaban J connectivity index is 1.77. The van der Waals surface area contributed by atoms with Gasteiger partial charge in [-0.25, -0.2) is 0 Å². The molecule has 100 valence electrons. The maximum atomic E-state index is 11.6. The first-order chi connectivity index (χ1) is 9.15. The van der Waals surface area contributed by atoms with E-state index in [1.54, 1.807) is 31.2 Å². The molecular formula is C12H13N3O3S. The second-order valence-electron chi connectivity index (χ2n) is 3.83. The molecule has 0 unspecified atom stereocenters. The lowest BCUT2D eigenvalue weighted by Gasteiger charge is -2.03. The van der Waals surface area contributed by atoms with Crippen LogP contribution in [0.5, 0.6) is 0 Å². The summed E-state index contributed by atoms with van der Waals surface area (Å²) in [7, 11) is 0. The van der Waals surface area contributed by atoms with Crippen LogP contribution in [-0.2, 0) is 4.79 Å². The predicted octanol–water partition coefficient (Wildman–Crippen LogP) is 1.74. The summed E-state index contributed by atoms with van der Waals surface area (Å²) >= 11 is 1.34. The molecule has 0 saturated heterocycles. The molecule has 6 nitrogen and oxygen atoms in total. The first-order valence-corrected chi connectivity index (χ1v) is 6.68.